The van der Waals surface area contributed by atoms with E-state index in [0.717, 1.165) is 38.5 Å². The van der Waals surface area contributed by atoms with E-state index in [9.17, 15) is 9.59 Å². The first kappa shape index (κ1) is 50.6. The minimum atomic E-state index is -0.525. The molecule has 0 heterocycles. The van der Waals surface area contributed by atoms with Crippen LogP contribution in [0.5, 0.6) is 0 Å². The van der Waals surface area contributed by atoms with Crippen LogP contribution in [0.1, 0.15) is 252 Å². The summed E-state index contributed by atoms with van der Waals surface area (Å²) in [5, 5.41) is 0. The van der Waals surface area contributed by atoms with Gasteiger partial charge in [-0.15, -0.1) is 0 Å². The lowest BCUT2D eigenvalue weighted by molar-refractivity contribution is -0.163. The number of carbonyl (C=O) groups excluding carboxylic acids is 2. The zero-order valence-corrected chi connectivity index (χ0v) is 35.4. The average Bonchev–Trinajstić information content (AvgIpc) is 3.14. The first-order valence-corrected chi connectivity index (χ1v) is 23.2. The van der Waals surface area contributed by atoms with Gasteiger partial charge < -0.3 is 14.2 Å². The van der Waals surface area contributed by atoms with Crippen LogP contribution in [-0.4, -0.2) is 37.9 Å². The van der Waals surface area contributed by atoms with Gasteiger partial charge in [-0.25, -0.2) is 0 Å². The number of hydrogen-bond acceptors (Lipinski definition) is 5. The SMILES string of the molecule is CCCCCCCC/C=C\CCCCCCCCCCOCC(COC(=O)CCCCCCCCCCC)OC(=O)CCCCCCCCCCC. The molecule has 0 radical (unpaired) electrons. The Morgan fingerprint density at radius 2 is 0.750 bits per heavy atom. The van der Waals surface area contributed by atoms with Crippen LogP contribution in [0.3, 0.4) is 0 Å². The van der Waals surface area contributed by atoms with Crippen LogP contribution in [0.2, 0.25) is 0 Å². The molecular weight excluding hydrogens is 645 g/mol. The molecule has 0 amide bonds. The van der Waals surface area contributed by atoms with E-state index in [1.54, 1.807) is 0 Å². The molecule has 0 aromatic heterocycles. The minimum Gasteiger partial charge on any atom is -0.462 e. The van der Waals surface area contributed by atoms with Crippen molar-refractivity contribution in [2.45, 2.75) is 258 Å². The second kappa shape index (κ2) is 44.0. The van der Waals surface area contributed by atoms with Crippen LogP contribution in [0.25, 0.3) is 0 Å². The van der Waals surface area contributed by atoms with Gasteiger partial charge in [-0.1, -0.05) is 206 Å². The summed E-state index contributed by atoms with van der Waals surface area (Å²) in [4.78, 5) is 25.1. The third-order valence-corrected chi connectivity index (χ3v) is 10.3. The van der Waals surface area contributed by atoms with Crippen molar-refractivity contribution in [3.05, 3.63) is 12.2 Å². The molecule has 308 valence electrons. The van der Waals surface area contributed by atoms with E-state index >= 15 is 0 Å². The highest BCUT2D eigenvalue weighted by Crippen LogP contribution is 2.14. The maximum atomic E-state index is 12.6. The molecule has 0 bridgehead atoms. The minimum absolute atomic E-state index is 0.0919. The highest BCUT2D eigenvalue weighted by Gasteiger charge is 2.17. The van der Waals surface area contributed by atoms with Crippen molar-refractivity contribution < 1.29 is 23.8 Å². The molecule has 0 aliphatic rings. The number of allylic oxidation sites excluding steroid dienone is 2. The Labute approximate surface area is 325 Å². The highest BCUT2D eigenvalue weighted by molar-refractivity contribution is 5.70. The molecule has 1 atom stereocenters. The number of unbranched alkanes of at least 4 members (excludes halogenated alkanes) is 30. The van der Waals surface area contributed by atoms with Gasteiger partial charge >= 0.3 is 11.9 Å². The smallest absolute Gasteiger partial charge is 0.306 e. The predicted molar refractivity (Wildman–Crippen MR) is 224 cm³/mol. The standard InChI is InChI=1S/C47H90O5/c1-4-7-10-13-16-19-20-21-22-23-24-25-26-27-30-33-36-39-42-50-43-45(52-47(49)41-38-35-32-29-18-15-12-9-6-3)44-51-46(48)40-37-34-31-28-17-14-11-8-5-2/h21-22,45H,4-20,23-44H2,1-3H3/b22-21-. The summed E-state index contributed by atoms with van der Waals surface area (Å²) >= 11 is 0. The number of rotatable bonds is 43. The van der Waals surface area contributed by atoms with Crippen molar-refractivity contribution in [3.63, 3.8) is 0 Å². The largest absolute Gasteiger partial charge is 0.462 e. The van der Waals surface area contributed by atoms with E-state index in [4.69, 9.17) is 14.2 Å². The normalized spacial score (nSPS) is 12.1. The molecule has 0 rings (SSSR count). The summed E-state index contributed by atoms with van der Waals surface area (Å²) in [7, 11) is 0. The molecule has 0 aliphatic heterocycles. The van der Waals surface area contributed by atoms with E-state index in [0.29, 0.717) is 26.1 Å². The van der Waals surface area contributed by atoms with Gasteiger partial charge in [-0.2, -0.15) is 0 Å². The Kier molecular flexibility index (Phi) is 42.9. The zero-order valence-electron chi connectivity index (χ0n) is 35.4. The Morgan fingerprint density at radius 3 is 1.17 bits per heavy atom. The lowest BCUT2D eigenvalue weighted by atomic mass is 10.1. The Morgan fingerprint density at radius 1 is 0.404 bits per heavy atom. The highest BCUT2D eigenvalue weighted by atomic mass is 16.6. The molecule has 5 nitrogen and oxygen atoms in total. The first-order chi connectivity index (χ1) is 25.6. The molecule has 0 aliphatic carbocycles. The van der Waals surface area contributed by atoms with Gasteiger partial charge in [-0.3, -0.25) is 9.59 Å². The number of hydrogen-bond donors (Lipinski definition) is 0. The molecular formula is C47H90O5. The van der Waals surface area contributed by atoms with Gasteiger partial charge in [0.05, 0.1) is 6.61 Å². The fourth-order valence-electron chi connectivity index (χ4n) is 6.80. The quantitative estimate of drug-likeness (QED) is 0.0355. The summed E-state index contributed by atoms with van der Waals surface area (Å²) in [6.45, 7) is 7.82. The molecule has 52 heavy (non-hydrogen) atoms. The van der Waals surface area contributed by atoms with Gasteiger partial charge in [0.1, 0.15) is 6.61 Å². The summed E-state index contributed by atoms with van der Waals surface area (Å²) in [5.74, 6) is -0.390. The van der Waals surface area contributed by atoms with Gasteiger partial charge in [0.15, 0.2) is 6.10 Å². The van der Waals surface area contributed by atoms with Gasteiger partial charge in [-0.05, 0) is 44.9 Å². The number of ether oxygens (including phenoxy) is 3. The average molecular weight is 735 g/mol. The van der Waals surface area contributed by atoms with Crippen LogP contribution in [-0.2, 0) is 23.8 Å². The molecule has 0 aromatic rings. The van der Waals surface area contributed by atoms with Crippen molar-refractivity contribution in [1.29, 1.82) is 0 Å². The van der Waals surface area contributed by atoms with Crippen LogP contribution >= 0.6 is 0 Å². The molecule has 0 spiro atoms. The van der Waals surface area contributed by atoms with E-state index in [2.05, 4.69) is 32.9 Å². The van der Waals surface area contributed by atoms with Crippen LogP contribution in [0, 0.1) is 0 Å². The van der Waals surface area contributed by atoms with E-state index in [1.807, 2.05) is 0 Å². The van der Waals surface area contributed by atoms with E-state index < -0.39 is 6.10 Å². The Bertz CT molecular complexity index is 750. The molecule has 0 N–H and O–H groups in total. The van der Waals surface area contributed by atoms with Crippen molar-refractivity contribution in [3.8, 4) is 0 Å². The molecule has 0 saturated heterocycles. The molecule has 0 saturated carbocycles. The summed E-state index contributed by atoms with van der Waals surface area (Å²) in [5.41, 5.74) is 0. The first-order valence-electron chi connectivity index (χ1n) is 23.2. The molecule has 0 fully saturated rings. The van der Waals surface area contributed by atoms with Crippen molar-refractivity contribution in [2.24, 2.45) is 0 Å². The lowest BCUT2D eigenvalue weighted by Gasteiger charge is -2.18. The van der Waals surface area contributed by atoms with Crippen LogP contribution in [0.4, 0.5) is 0 Å². The van der Waals surface area contributed by atoms with Crippen LogP contribution < -0.4 is 0 Å². The van der Waals surface area contributed by atoms with Gasteiger partial charge in [0.25, 0.3) is 0 Å². The monoisotopic (exact) mass is 735 g/mol. The third-order valence-electron chi connectivity index (χ3n) is 10.3. The van der Waals surface area contributed by atoms with Crippen molar-refractivity contribution in [2.75, 3.05) is 19.8 Å². The Hall–Kier alpha value is -1.36. The maximum Gasteiger partial charge on any atom is 0.306 e. The van der Waals surface area contributed by atoms with E-state index in [-0.39, 0.29) is 18.5 Å². The fourth-order valence-corrected chi connectivity index (χ4v) is 6.80. The van der Waals surface area contributed by atoms with E-state index in [1.165, 1.54) is 180 Å². The molecule has 1 unspecified atom stereocenters. The molecule has 5 heteroatoms. The number of esters is 2. The second-order valence-corrected chi connectivity index (χ2v) is 15.7. The molecule has 0 aromatic carbocycles. The van der Waals surface area contributed by atoms with Crippen molar-refractivity contribution >= 4 is 11.9 Å². The topological polar surface area (TPSA) is 61.8 Å². The van der Waals surface area contributed by atoms with Crippen LogP contribution in [0.15, 0.2) is 12.2 Å². The Balaban J connectivity index is 4.11. The summed E-state index contributed by atoms with van der Waals surface area (Å²) < 4.78 is 17.3. The third kappa shape index (κ3) is 41.4. The summed E-state index contributed by atoms with van der Waals surface area (Å²) in [6.07, 6.45) is 47.9. The van der Waals surface area contributed by atoms with Crippen molar-refractivity contribution in [1.82, 2.24) is 0 Å². The lowest BCUT2D eigenvalue weighted by Crippen LogP contribution is -2.30. The number of carbonyl (C=O) groups is 2. The van der Waals surface area contributed by atoms with Gasteiger partial charge in [0.2, 0.25) is 0 Å². The fraction of sp³-hybridized carbons (Fsp3) is 0.915. The zero-order chi connectivity index (χ0) is 37.8. The predicted octanol–water partition coefficient (Wildman–Crippen LogP) is 15.1. The maximum absolute atomic E-state index is 12.6. The van der Waals surface area contributed by atoms with Gasteiger partial charge in [0, 0.05) is 19.4 Å². The summed E-state index contributed by atoms with van der Waals surface area (Å²) in [6, 6.07) is 0. The second-order valence-electron chi connectivity index (χ2n) is 15.7.